The average molecular weight is 204 g/mol. The fourth-order valence-corrected chi connectivity index (χ4v) is 1.58. The summed E-state index contributed by atoms with van der Waals surface area (Å²) in [5.74, 6) is -0.585. The Kier molecular flexibility index (Phi) is 1.53. The van der Waals surface area contributed by atoms with E-state index >= 15 is 0 Å². The van der Waals surface area contributed by atoms with Crippen LogP contribution in [0.5, 0.6) is 0 Å². The van der Waals surface area contributed by atoms with Crippen molar-refractivity contribution in [2.24, 2.45) is 0 Å². The van der Waals surface area contributed by atoms with Gasteiger partial charge < -0.3 is 5.11 Å². The molecule has 0 saturated heterocycles. The molecular formula is C9H8N4O2. The minimum Gasteiger partial charge on any atom is -0.477 e. The number of rotatable bonds is 2. The molecule has 0 bridgehead atoms. The topological polar surface area (TPSA) is 80.4 Å². The van der Waals surface area contributed by atoms with Gasteiger partial charge in [0, 0.05) is 11.6 Å². The van der Waals surface area contributed by atoms with Gasteiger partial charge in [0.25, 0.3) is 0 Å². The van der Waals surface area contributed by atoms with Gasteiger partial charge in [-0.15, -0.1) is 5.10 Å². The summed E-state index contributed by atoms with van der Waals surface area (Å²) in [6.45, 7) is 0. The van der Waals surface area contributed by atoms with E-state index in [0.717, 1.165) is 18.5 Å². The van der Waals surface area contributed by atoms with Crippen LogP contribution in [0.4, 0.5) is 0 Å². The zero-order chi connectivity index (χ0) is 10.4. The molecule has 0 radical (unpaired) electrons. The zero-order valence-electron chi connectivity index (χ0n) is 7.79. The van der Waals surface area contributed by atoms with Gasteiger partial charge in [-0.2, -0.15) is 4.52 Å². The van der Waals surface area contributed by atoms with E-state index in [1.165, 1.54) is 10.7 Å². The van der Waals surface area contributed by atoms with Crippen LogP contribution in [0.15, 0.2) is 12.3 Å². The second-order valence-corrected chi connectivity index (χ2v) is 3.65. The van der Waals surface area contributed by atoms with E-state index in [2.05, 4.69) is 15.3 Å². The molecule has 1 fully saturated rings. The highest BCUT2D eigenvalue weighted by molar-refractivity contribution is 5.86. The van der Waals surface area contributed by atoms with E-state index in [-0.39, 0.29) is 5.69 Å². The Hall–Kier alpha value is -1.98. The van der Waals surface area contributed by atoms with Crippen LogP contribution in [0, 0.1) is 0 Å². The summed E-state index contributed by atoms with van der Waals surface area (Å²) in [4.78, 5) is 15.3. The molecule has 1 aliphatic rings. The van der Waals surface area contributed by atoms with Gasteiger partial charge in [0.15, 0.2) is 11.3 Å². The first-order valence-corrected chi connectivity index (χ1v) is 4.70. The summed E-state index contributed by atoms with van der Waals surface area (Å²) >= 11 is 0. The van der Waals surface area contributed by atoms with Crippen LogP contribution in [-0.2, 0) is 0 Å². The highest BCUT2D eigenvalue weighted by Crippen LogP contribution is 2.39. The van der Waals surface area contributed by atoms with Crippen molar-refractivity contribution in [1.82, 2.24) is 19.8 Å². The van der Waals surface area contributed by atoms with E-state index in [9.17, 15) is 4.79 Å². The fourth-order valence-electron chi connectivity index (χ4n) is 1.58. The first-order valence-electron chi connectivity index (χ1n) is 4.70. The summed E-state index contributed by atoms with van der Waals surface area (Å²) in [5, 5.41) is 16.3. The predicted molar refractivity (Wildman–Crippen MR) is 49.7 cm³/mol. The zero-order valence-corrected chi connectivity index (χ0v) is 7.79. The largest absolute Gasteiger partial charge is 0.477 e. The Balaban J connectivity index is 2.28. The molecule has 2 heterocycles. The summed E-state index contributed by atoms with van der Waals surface area (Å²) in [6.07, 6.45) is 3.64. The van der Waals surface area contributed by atoms with E-state index in [4.69, 9.17) is 5.11 Å². The highest BCUT2D eigenvalue weighted by Gasteiger charge is 2.27. The number of carboxylic acids is 1. The molecule has 0 spiro atoms. The average Bonchev–Trinajstić information content (AvgIpc) is 2.95. The highest BCUT2D eigenvalue weighted by atomic mass is 16.4. The van der Waals surface area contributed by atoms with Gasteiger partial charge >= 0.3 is 5.97 Å². The third-order valence-electron chi connectivity index (χ3n) is 2.50. The van der Waals surface area contributed by atoms with Crippen LogP contribution in [-0.4, -0.2) is 30.9 Å². The monoisotopic (exact) mass is 204 g/mol. The molecule has 0 aliphatic heterocycles. The standard InChI is InChI=1S/C9H8N4O2/c14-9(15)7-3-6(5-1-2-5)11-8-4-10-12-13(7)8/h3-5H,1-2H2,(H,14,15). The van der Waals surface area contributed by atoms with Gasteiger partial charge in [-0.3, -0.25) is 0 Å². The molecule has 0 aromatic carbocycles. The maximum absolute atomic E-state index is 11.0. The van der Waals surface area contributed by atoms with E-state index < -0.39 is 5.97 Å². The third-order valence-corrected chi connectivity index (χ3v) is 2.50. The maximum atomic E-state index is 11.0. The molecule has 0 amide bonds. The van der Waals surface area contributed by atoms with Gasteiger partial charge in [0.2, 0.25) is 0 Å². The van der Waals surface area contributed by atoms with Crippen LogP contribution in [0.3, 0.4) is 0 Å². The minimum absolute atomic E-state index is 0.124. The molecule has 3 rings (SSSR count). The molecule has 76 valence electrons. The lowest BCUT2D eigenvalue weighted by atomic mass is 10.2. The summed E-state index contributed by atoms with van der Waals surface area (Å²) in [6, 6.07) is 1.58. The SMILES string of the molecule is O=C(O)c1cc(C2CC2)nc2cnnn12. The minimum atomic E-state index is -1.00. The summed E-state index contributed by atoms with van der Waals surface area (Å²) in [5.41, 5.74) is 1.46. The number of nitrogens with zero attached hydrogens (tertiary/aromatic N) is 4. The van der Waals surface area contributed by atoms with Crippen LogP contribution in [0.2, 0.25) is 0 Å². The van der Waals surface area contributed by atoms with Crippen molar-refractivity contribution in [2.45, 2.75) is 18.8 Å². The molecule has 2 aromatic heterocycles. The molecule has 6 heteroatoms. The first-order chi connectivity index (χ1) is 7.25. The van der Waals surface area contributed by atoms with Crippen molar-refractivity contribution in [3.05, 3.63) is 23.7 Å². The van der Waals surface area contributed by atoms with Crippen molar-refractivity contribution in [3.63, 3.8) is 0 Å². The Morgan fingerprint density at radius 2 is 2.33 bits per heavy atom. The molecule has 15 heavy (non-hydrogen) atoms. The molecule has 1 aliphatic carbocycles. The second-order valence-electron chi connectivity index (χ2n) is 3.65. The lowest BCUT2D eigenvalue weighted by molar-refractivity contribution is 0.0686. The Labute approximate surface area is 84.6 Å². The van der Waals surface area contributed by atoms with E-state index in [1.807, 2.05) is 0 Å². The van der Waals surface area contributed by atoms with Gasteiger partial charge in [-0.05, 0) is 18.9 Å². The predicted octanol–water partition coefficient (Wildman–Crippen LogP) is 0.700. The summed E-state index contributed by atoms with van der Waals surface area (Å²) < 4.78 is 1.24. The number of aromatic nitrogens is 4. The van der Waals surface area contributed by atoms with E-state index in [1.54, 1.807) is 6.07 Å². The Morgan fingerprint density at radius 3 is 3.00 bits per heavy atom. The normalized spacial score (nSPS) is 15.7. The number of aromatic carboxylic acids is 1. The van der Waals surface area contributed by atoms with Gasteiger partial charge in [-0.1, -0.05) is 5.21 Å². The molecule has 2 aromatic rings. The quantitative estimate of drug-likeness (QED) is 0.778. The fraction of sp³-hybridized carbons (Fsp3) is 0.333. The first kappa shape index (κ1) is 8.34. The molecular weight excluding hydrogens is 196 g/mol. The van der Waals surface area contributed by atoms with Gasteiger partial charge in [0.1, 0.15) is 0 Å². The van der Waals surface area contributed by atoms with Crippen molar-refractivity contribution >= 4 is 11.6 Å². The maximum Gasteiger partial charge on any atom is 0.354 e. The van der Waals surface area contributed by atoms with Crippen LogP contribution in [0.1, 0.15) is 34.9 Å². The second kappa shape index (κ2) is 2.75. The number of carboxylic acid groups (broad SMARTS) is 1. The number of hydrogen-bond acceptors (Lipinski definition) is 4. The Morgan fingerprint density at radius 1 is 1.53 bits per heavy atom. The Bertz CT molecular complexity index is 544. The van der Waals surface area contributed by atoms with Crippen molar-refractivity contribution < 1.29 is 9.90 Å². The lowest BCUT2D eigenvalue weighted by Crippen LogP contribution is -2.09. The smallest absolute Gasteiger partial charge is 0.354 e. The van der Waals surface area contributed by atoms with Crippen molar-refractivity contribution in [2.75, 3.05) is 0 Å². The molecule has 0 unspecified atom stereocenters. The van der Waals surface area contributed by atoms with Gasteiger partial charge in [0.05, 0.1) is 6.20 Å². The molecule has 1 saturated carbocycles. The molecule has 6 nitrogen and oxygen atoms in total. The molecule has 0 atom stereocenters. The number of fused-ring (bicyclic) bond motifs is 1. The van der Waals surface area contributed by atoms with Crippen LogP contribution in [0.25, 0.3) is 5.65 Å². The molecule has 1 N–H and O–H groups in total. The van der Waals surface area contributed by atoms with Crippen LogP contribution >= 0.6 is 0 Å². The number of hydrogen-bond donors (Lipinski definition) is 1. The van der Waals surface area contributed by atoms with Crippen molar-refractivity contribution in [3.8, 4) is 0 Å². The van der Waals surface area contributed by atoms with Gasteiger partial charge in [-0.25, -0.2) is 9.78 Å². The number of carbonyl (C=O) groups is 1. The van der Waals surface area contributed by atoms with Crippen LogP contribution < -0.4 is 0 Å². The van der Waals surface area contributed by atoms with E-state index in [0.29, 0.717) is 11.6 Å². The van der Waals surface area contributed by atoms with Crippen molar-refractivity contribution in [1.29, 1.82) is 0 Å². The third kappa shape index (κ3) is 1.25. The summed E-state index contributed by atoms with van der Waals surface area (Å²) in [7, 11) is 0. The lowest BCUT2D eigenvalue weighted by Gasteiger charge is -2.01.